The summed E-state index contributed by atoms with van der Waals surface area (Å²) < 4.78 is 5.29. The van der Waals surface area contributed by atoms with Gasteiger partial charge in [-0.15, -0.1) is 0 Å². The molecule has 0 heterocycles. The Hall–Kier alpha value is -1.10. The topological polar surface area (TPSA) is 75.6 Å². The SMILES string of the molecule is CCCCOC(C)C(=O)NCCCC(=O)O. The summed E-state index contributed by atoms with van der Waals surface area (Å²) in [7, 11) is 0. The van der Waals surface area contributed by atoms with Crippen LogP contribution in [0.15, 0.2) is 0 Å². The van der Waals surface area contributed by atoms with E-state index < -0.39 is 12.1 Å². The van der Waals surface area contributed by atoms with Gasteiger partial charge in [-0.2, -0.15) is 0 Å². The molecule has 0 saturated carbocycles. The number of carboxylic acids is 1. The third-order valence-corrected chi connectivity index (χ3v) is 2.10. The van der Waals surface area contributed by atoms with Gasteiger partial charge in [-0.25, -0.2) is 0 Å². The van der Waals surface area contributed by atoms with Gasteiger partial charge >= 0.3 is 5.97 Å². The van der Waals surface area contributed by atoms with E-state index in [4.69, 9.17) is 9.84 Å². The van der Waals surface area contributed by atoms with Gasteiger partial charge in [0.1, 0.15) is 6.10 Å². The molecule has 0 aliphatic rings. The van der Waals surface area contributed by atoms with Crippen LogP contribution in [0.1, 0.15) is 39.5 Å². The molecule has 5 nitrogen and oxygen atoms in total. The lowest BCUT2D eigenvalue weighted by atomic mass is 10.3. The summed E-state index contributed by atoms with van der Waals surface area (Å²) in [5.74, 6) is -1.03. The number of nitrogens with one attached hydrogen (secondary N) is 1. The number of carbonyl (C=O) groups excluding carboxylic acids is 1. The number of amides is 1. The highest BCUT2D eigenvalue weighted by Gasteiger charge is 2.11. The first-order chi connectivity index (χ1) is 7.57. The molecule has 16 heavy (non-hydrogen) atoms. The van der Waals surface area contributed by atoms with Crippen LogP contribution in [0.25, 0.3) is 0 Å². The molecule has 0 bridgehead atoms. The molecule has 2 N–H and O–H groups in total. The van der Waals surface area contributed by atoms with Crippen molar-refractivity contribution in [3.05, 3.63) is 0 Å². The second-order valence-corrected chi connectivity index (χ2v) is 3.65. The van der Waals surface area contributed by atoms with E-state index >= 15 is 0 Å². The summed E-state index contributed by atoms with van der Waals surface area (Å²) >= 11 is 0. The Morgan fingerprint density at radius 1 is 1.38 bits per heavy atom. The smallest absolute Gasteiger partial charge is 0.303 e. The predicted octanol–water partition coefficient (Wildman–Crippen LogP) is 1.17. The van der Waals surface area contributed by atoms with Crippen LogP contribution >= 0.6 is 0 Å². The van der Waals surface area contributed by atoms with E-state index in [1.807, 2.05) is 0 Å². The quantitative estimate of drug-likeness (QED) is 0.584. The van der Waals surface area contributed by atoms with Gasteiger partial charge in [0.25, 0.3) is 0 Å². The molecular weight excluding hydrogens is 210 g/mol. The number of unbranched alkanes of at least 4 members (excludes halogenated alkanes) is 1. The Bertz CT molecular complexity index is 218. The molecule has 1 atom stereocenters. The minimum atomic E-state index is -0.846. The summed E-state index contributed by atoms with van der Waals surface area (Å²) in [5.41, 5.74) is 0. The maximum Gasteiger partial charge on any atom is 0.303 e. The molecule has 1 unspecified atom stereocenters. The molecule has 0 spiro atoms. The molecule has 0 saturated heterocycles. The van der Waals surface area contributed by atoms with Gasteiger partial charge in [0.2, 0.25) is 5.91 Å². The van der Waals surface area contributed by atoms with Crippen molar-refractivity contribution in [2.24, 2.45) is 0 Å². The van der Waals surface area contributed by atoms with Gasteiger partial charge in [-0.3, -0.25) is 9.59 Å². The Labute approximate surface area is 96.2 Å². The molecule has 0 aliphatic carbocycles. The zero-order chi connectivity index (χ0) is 12.4. The summed E-state index contributed by atoms with van der Waals surface area (Å²) in [4.78, 5) is 21.6. The average Bonchev–Trinajstić information content (AvgIpc) is 2.24. The highest BCUT2D eigenvalue weighted by Crippen LogP contribution is 1.95. The van der Waals surface area contributed by atoms with Crippen LogP contribution in [-0.2, 0) is 14.3 Å². The van der Waals surface area contributed by atoms with E-state index in [0.717, 1.165) is 12.8 Å². The second-order valence-electron chi connectivity index (χ2n) is 3.65. The van der Waals surface area contributed by atoms with Crippen molar-refractivity contribution >= 4 is 11.9 Å². The van der Waals surface area contributed by atoms with Gasteiger partial charge in [0.15, 0.2) is 0 Å². The number of ether oxygens (including phenoxy) is 1. The van der Waals surface area contributed by atoms with Crippen molar-refractivity contribution in [1.82, 2.24) is 5.32 Å². The third kappa shape index (κ3) is 8.23. The highest BCUT2D eigenvalue weighted by molar-refractivity contribution is 5.80. The number of rotatable bonds is 9. The van der Waals surface area contributed by atoms with Gasteiger partial charge in [-0.05, 0) is 19.8 Å². The molecule has 5 heteroatoms. The molecule has 0 fully saturated rings. The van der Waals surface area contributed by atoms with E-state index in [1.165, 1.54) is 0 Å². The van der Waals surface area contributed by atoms with Crippen LogP contribution in [0.2, 0.25) is 0 Å². The summed E-state index contributed by atoms with van der Waals surface area (Å²) in [6, 6.07) is 0. The van der Waals surface area contributed by atoms with Gasteiger partial charge in [-0.1, -0.05) is 13.3 Å². The van der Waals surface area contributed by atoms with Crippen molar-refractivity contribution in [1.29, 1.82) is 0 Å². The molecule has 0 aromatic rings. The molecule has 0 aromatic carbocycles. The van der Waals surface area contributed by atoms with Crippen molar-refractivity contribution in [3.8, 4) is 0 Å². The molecule has 0 radical (unpaired) electrons. The molecule has 0 rings (SSSR count). The van der Waals surface area contributed by atoms with Crippen LogP contribution < -0.4 is 5.32 Å². The Morgan fingerprint density at radius 2 is 2.06 bits per heavy atom. The zero-order valence-corrected chi connectivity index (χ0v) is 9.99. The fourth-order valence-corrected chi connectivity index (χ4v) is 1.08. The molecule has 0 aliphatic heterocycles. The maximum absolute atomic E-state index is 11.4. The normalized spacial score (nSPS) is 12.1. The fraction of sp³-hybridized carbons (Fsp3) is 0.818. The zero-order valence-electron chi connectivity index (χ0n) is 9.99. The van der Waals surface area contributed by atoms with Crippen molar-refractivity contribution in [2.75, 3.05) is 13.2 Å². The number of carbonyl (C=O) groups is 2. The Balaban J connectivity index is 3.51. The maximum atomic E-state index is 11.4. The lowest BCUT2D eigenvalue weighted by molar-refractivity contribution is -0.137. The monoisotopic (exact) mass is 231 g/mol. The van der Waals surface area contributed by atoms with Crippen molar-refractivity contribution in [2.45, 2.75) is 45.6 Å². The standard InChI is InChI=1S/C11H21NO4/c1-3-4-8-16-9(2)11(15)12-7-5-6-10(13)14/h9H,3-8H2,1-2H3,(H,12,15)(H,13,14). The van der Waals surface area contributed by atoms with Crippen LogP contribution in [0.4, 0.5) is 0 Å². The highest BCUT2D eigenvalue weighted by atomic mass is 16.5. The number of aliphatic carboxylic acids is 1. The van der Waals surface area contributed by atoms with Gasteiger partial charge in [0.05, 0.1) is 0 Å². The van der Waals surface area contributed by atoms with Crippen LogP contribution in [0.5, 0.6) is 0 Å². The summed E-state index contributed by atoms with van der Waals surface area (Å²) in [5, 5.41) is 11.0. The van der Waals surface area contributed by atoms with Crippen molar-refractivity contribution in [3.63, 3.8) is 0 Å². The lowest BCUT2D eigenvalue weighted by Crippen LogP contribution is -2.35. The molecule has 94 valence electrons. The first-order valence-electron chi connectivity index (χ1n) is 5.69. The summed E-state index contributed by atoms with van der Waals surface area (Å²) in [6.45, 7) is 4.72. The van der Waals surface area contributed by atoms with Crippen molar-refractivity contribution < 1.29 is 19.4 Å². The first-order valence-corrected chi connectivity index (χ1v) is 5.69. The molecule has 0 aromatic heterocycles. The van der Waals surface area contributed by atoms with Gasteiger partial charge in [0, 0.05) is 19.6 Å². The van der Waals surface area contributed by atoms with Crippen LogP contribution in [-0.4, -0.2) is 36.2 Å². The van der Waals surface area contributed by atoms with E-state index in [2.05, 4.69) is 12.2 Å². The van der Waals surface area contributed by atoms with E-state index in [1.54, 1.807) is 6.92 Å². The lowest BCUT2D eigenvalue weighted by Gasteiger charge is -2.12. The van der Waals surface area contributed by atoms with E-state index in [9.17, 15) is 9.59 Å². The molecular formula is C11H21NO4. The van der Waals surface area contributed by atoms with Crippen LogP contribution in [0.3, 0.4) is 0 Å². The number of hydrogen-bond acceptors (Lipinski definition) is 3. The van der Waals surface area contributed by atoms with Gasteiger partial charge < -0.3 is 15.2 Å². The van der Waals surface area contributed by atoms with E-state index in [0.29, 0.717) is 19.6 Å². The number of carboxylic acid groups (broad SMARTS) is 1. The largest absolute Gasteiger partial charge is 0.481 e. The minimum Gasteiger partial charge on any atom is -0.481 e. The fourth-order valence-electron chi connectivity index (χ4n) is 1.08. The third-order valence-electron chi connectivity index (χ3n) is 2.10. The van der Waals surface area contributed by atoms with E-state index in [-0.39, 0.29) is 12.3 Å². The summed E-state index contributed by atoms with van der Waals surface area (Å²) in [6.07, 6.45) is 2.04. The van der Waals surface area contributed by atoms with Crippen LogP contribution in [0, 0.1) is 0 Å². The average molecular weight is 231 g/mol. The predicted molar refractivity (Wildman–Crippen MR) is 60.2 cm³/mol. The minimum absolute atomic E-state index is 0.0748. The first kappa shape index (κ1) is 14.9. The Kier molecular flexibility index (Phi) is 8.52. The Morgan fingerprint density at radius 3 is 2.62 bits per heavy atom. The molecule has 1 amide bonds. The second kappa shape index (κ2) is 9.15. The number of hydrogen-bond donors (Lipinski definition) is 2.